The predicted molar refractivity (Wildman–Crippen MR) is 88.4 cm³/mol. The van der Waals surface area contributed by atoms with Crippen LogP contribution in [0, 0.1) is 5.92 Å². The molecule has 1 aliphatic rings. The van der Waals surface area contributed by atoms with Crippen LogP contribution in [0.2, 0.25) is 0 Å². The van der Waals surface area contributed by atoms with Gasteiger partial charge in [0.2, 0.25) is 10.0 Å². The molecule has 2 N–H and O–H groups in total. The Morgan fingerprint density at radius 1 is 1.29 bits per heavy atom. The molecule has 2 rings (SSSR count). The lowest BCUT2D eigenvalue weighted by atomic mass is 10.0. The van der Waals surface area contributed by atoms with Crippen LogP contribution in [0.1, 0.15) is 32.3 Å². The van der Waals surface area contributed by atoms with Crippen molar-refractivity contribution in [3.8, 4) is 0 Å². The maximum Gasteiger partial charge on any atom is 0.240 e. The van der Waals surface area contributed by atoms with Crippen LogP contribution in [0.25, 0.3) is 0 Å². The zero-order valence-electron chi connectivity index (χ0n) is 12.6. The van der Waals surface area contributed by atoms with E-state index in [1.165, 1.54) is 5.56 Å². The van der Waals surface area contributed by atoms with Crippen molar-refractivity contribution in [3.05, 3.63) is 29.8 Å². The summed E-state index contributed by atoms with van der Waals surface area (Å²) in [5, 5.41) is 3.21. The third-order valence-electron chi connectivity index (χ3n) is 3.50. The lowest BCUT2D eigenvalue weighted by molar-refractivity contribution is 0.428. The standard InChI is InChI=1S/C15H24N2O2S.ClH/c1-12(2)10-13-5-7-15(8-6-13)20(18,19)17-14-4-3-9-16-11-14;/h5-8,12,14,16-17H,3-4,9-11H2,1-2H3;1H. The van der Waals surface area contributed by atoms with Gasteiger partial charge in [-0.3, -0.25) is 0 Å². The Kier molecular flexibility index (Phi) is 7.13. The zero-order chi connectivity index (χ0) is 14.6. The number of piperidine rings is 1. The molecule has 21 heavy (non-hydrogen) atoms. The Hall–Kier alpha value is -0.620. The normalized spacial score (nSPS) is 19.3. The van der Waals surface area contributed by atoms with Crippen molar-refractivity contribution < 1.29 is 8.42 Å². The summed E-state index contributed by atoms with van der Waals surface area (Å²) in [5.41, 5.74) is 1.18. The van der Waals surface area contributed by atoms with E-state index in [9.17, 15) is 8.42 Å². The maximum atomic E-state index is 12.3. The number of rotatable bonds is 5. The van der Waals surface area contributed by atoms with Gasteiger partial charge in [-0.25, -0.2) is 13.1 Å². The van der Waals surface area contributed by atoms with Crippen LogP contribution in [-0.2, 0) is 16.4 Å². The fraction of sp³-hybridized carbons (Fsp3) is 0.600. The van der Waals surface area contributed by atoms with E-state index < -0.39 is 10.0 Å². The quantitative estimate of drug-likeness (QED) is 0.870. The van der Waals surface area contributed by atoms with Crippen LogP contribution in [0.3, 0.4) is 0 Å². The average Bonchev–Trinajstić information content (AvgIpc) is 2.39. The molecule has 1 saturated heterocycles. The Balaban J connectivity index is 0.00000220. The minimum Gasteiger partial charge on any atom is -0.315 e. The maximum absolute atomic E-state index is 12.3. The highest BCUT2D eigenvalue weighted by Crippen LogP contribution is 2.15. The van der Waals surface area contributed by atoms with Gasteiger partial charge in [0, 0.05) is 12.6 Å². The fourth-order valence-electron chi connectivity index (χ4n) is 2.52. The first kappa shape index (κ1) is 18.4. The first-order chi connectivity index (χ1) is 9.47. The summed E-state index contributed by atoms with van der Waals surface area (Å²) < 4.78 is 27.4. The van der Waals surface area contributed by atoms with Gasteiger partial charge < -0.3 is 5.32 Å². The van der Waals surface area contributed by atoms with E-state index in [0.717, 1.165) is 25.8 Å². The van der Waals surface area contributed by atoms with Gasteiger partial charge in [0.05, 0.1) is 4.90 Å². The van der Waals surface area contributed by atoms with Crippen molar-refractivity contribution in [2.24, 2.45) is 5.92 Å². The molecule has 1 aliphatic heterocycles. The van der Waals surface area contributed by atoms with Crippen molar-refractivity contribution in [1.29, 1.82) is 0 Å². The number of sulfonamides is 1. The first-order valence-corrected chi connectivity index (χ1v) is 8.77. The van der Waals surface area contributed by atoms with Gasteiger partial charge in [0.15, 0.2) is 0 Å². The smallest absolute Gasteiger partial charge is 0.240 e. The molecule has 4 nitrogen and oxygen atoms in total. The summed E-state index contributed by atoms with van der Waals surface area (Å²) in [4.78, 5) is 0.357. The highest BCUT2D eigenvalue weighted by atomic mass is 35.5. The van der Waals surface area contributed by atoms with Gasteiger partial charge in [-0.1, -0.05) is 26.0 Å². The number of benzene rings is 1. The summed E-state index contributed by atoms with van der Waals surface area (Å²) in [6.07, 6.45) is 2.89. The third-order valence-corrected chi connectivity index (χ3v) is 5.03. The highest BCUT2D eigenvalue weighted by Gasteiger charge is 2.21. The van der Waals surface area contributed by atoms with E-state index >= 15 is 0 Å². The van der Waals surface area contributed by atoms with Gasteiger partial charge >= 0.3 is 0 Å². The summed E-state index contributed by atoms with van der Waals surface area (Å²) >= 11 is 0. The summed E-state index contributed by atoms with van der Waals surface area (Å²) in [6, 6.07) is 7.23. The molecule has 1 fully saturated rings. The van der Waals surface area contributed by atoms with Gasteiger partial charge in [0.1, 0.15) is 0 Å². The average molecular weight is 333 g/mol. The van der Waals surface area contributed by atoms with Crippen LogP contribution in [-0.4, -0.2) is 27.5 Å². The molecule has 0 amide bonds. The largest absolute Gasteiger partial charge is 0.315 e. The second-order valence-corrected chi connectivity index (χ2v) is 7.62. The molecule has 6 heteroatoms. The lowest BCUT2D eigenvalue weighted by Crippen LogP contribution is -2.45. The number of hydrogen-bond donors (Lipinski definition) is 2. The second kappa shape index (κ2) is 8.13. The molecule has 1 aromatic carbocycles. The summed E-state index contributed by atoms with van der Waals surface area (Å²) in [7, 11) is -3.40. The van der Waals surface area contributed by atoms with Gasteiger partial charge in [-0.05, 0) is 49.4 Å². The Labute approximate surface area is 134 Å². The number of halogens is 1. The van der Waals surface area contributed by atoms with Gasteiger partial charge in [0.25, 0.3) is 0 Å². The van der Waals surface area contributed by atoms with E-state index in [1.807, 2.05) is 12.1 Å². The third kappa shape index (κ3) is 5.58. The SMILES string of the molecule is CC(C)Cc1ccc(S(=O)(=O)NC2CCCNC2)cc1.Cl. The zero-order valence-corrected chi connectivity index (χ0v) is 14.3. The van der Waals surface area contributed by atoms with Gasteiger partial charge in [-0.15, -0.1) is 12.4 Å². The van der Waals surface area contributed by atoms with Crippen LogP contribution in [0.15, 0.2) is 29.2 Å². The molecule has 0 saturated carbocycles. The minimum atomic E-state index is -3.40. The van der Waals surface area contributed by atoms with E-state index in [0.29, 0.717) is 17.4 Å². The molecule has 0 bridgehead atoms. The summed E-state index contributed by atoms with van der Waals surface area (Å²) in [6.45, 7) is 6.00. The van der Waals surface area contributed by atoms with Crippen LogP contribution in [0.4, 0.5) is 0 Å². The second-order valence-electron chi connectivity index (χ2n) is 5.91. The monoisotopic (exact) mass is 332 g/mol. The topological polar surface area (TPSA) is 58.2 Å². The van der Waals surface area contributed by atoms with E-state index in [2.05, 4.69) is 23.9 Å². The fourth-order valence-corrected chi connectivity index (χ4v) is 3.79. The van der Waals surface area contributed by atoms with Crippen molar-refractivity contribution in [2.75, 3.05) is 13.1 Å². The van der Waals surface area contributed by atoms with E-state index in [4.69, 9.17) is 0 Å². The molecule has 1 unspecified atom stereocenters. The molecule has 0 aromatic heterocycles. The molecule has 0 spiro atoms. The van der Waals surface area contributed by atoms with Crippen molar-refractivity contribution in [3.63, 3.8) is 0 Å². The first-order valence-electron chi connectivity index (χ1n) is 7.29. The highest BCUT2D eigenvalue weighted by molar-refractivity contribution is 7.89. The van der Waals surface area contributed by atoms with Crippen LogP contribution < -0.4 is 10.0 Å². The Bertz CT molecular complexity index is 523. The molecule has 120 valence electrons. The molecule has 1 heterocycles. The predicted octanol–water partition coefficient (Wildman–Crippen LogP) is 2.34. The van der Waals surface area contributed by atoms with Crippen molar-refractivity contribution in [2.45, 2.75) is 44.0 Å². The summed E-state index contributed by atoms with van der Waals surface area (Å²) in [5.74, 6) is 0.573. The van der Waals surface area contributed by atoms with E-state index in [-0.39, 0.29) is 18.4 Å². The molecule has 0 radical (unpaired) electrons. The molecule has 0 aliphatic carbocycles. The van der Waals surface area contributed by atoms with Gasteiger partial charge in [-0.2, -0.15) is 0 Å². The number of nitrogens with one attached hydrogen (secondary N) is 2. The van der Waals surface area contributed by atoms with E-state index in [1.54, 1.807) is 12.1 Å². The number of hydrogen-bond acceptors (Lipinski definition) is 3. The molecule has 1 aromatic rings. The molecule has 1 atom stereocenters. The Morgan fingerprint density at radius 3 is 2.48 bits per heavy atom. The molecular weight excluding hydrogens is 308 g/mol. The minimum absolute atomic E-state index is 0. The van der Waals surface area contributed by atoms with Crippen molar-refractivity contribution >= 4 is 22.4 Å². The van der Waals surface area contributed by atoms with Crippen LogP contribution >= 0.6 is 12.4 Å². The molecular formula is C15H25ClN2O2S. The lowest BCUT2D eigenvalue weighted by Gasteiger charge is -2.23. The van der Waals surface area contributed by atoms with Crippen LogP contribution in [0.5, 0.6) is 0 Å². The Morgan fingerprint density at radius 2 is 1.95 bits per heavy atom. The van der Waals surface area contributed by atoms with Crippen molar-refractivity contribution in [1.82, 2.24) is 10.0 Å².